The average Bonchev–Trinajstić information content (AvgIpc) is 2.89. The molecule has 0 spiro atoms. The van der Waals surface area contributed by atoms with Crippen LogP contribution in [0.4, 0.5) is 0 Å². The molecule has 0 amide bonds. The Morgan fingerprint density at radius 3 is 2.60 bits per heavy atom. The van der Waals surface area contributed by atoms with E-state index in [1.165, 1.54) is 0 Å². The van der Waals surface area contributed by atoms with Crippen molar-refractivity contribution in [2.75, 3.05) is 0 Å². The fraction of sp³-hybridized carbons (Fsp3) is 0.286. The van der Waals surface area contributed by atoms with Gasteiger partial charge in [-0.25, -0.2) is 13.1 Å². The monoisotopic (exact) mass is 310 g/mol. The molecule has 20 heavy (non-hydrogen) atoms. The van der Waals surface area contributed by atoms with Crippen LogP contribution in [-0.2, 0) is 23.1 Å². The zero-order valence-corrected chi connectivity index (χ0v) is 13.1. The zero-order valence-electron chi connectivity index (χ0n) is 11.5. The summed E-state index contributed by atoms with van der Waals surface area (Å²) in [6, 6.07) is 5.43. The Balaban J connectivity index is 2.29. The molecule has 108 valence electrons. The molecule has 3 N–H and O–H groups in total. The lowest BCUT2D eigenvalue weighted by Gasteiger charge is -2.12. The van der Waals surface area contributed by atoms with Crippen LogP contribution >= 0.6 is 11.3 Å². The van der Waals surface area contributed by atoms with Gasteiger partial charge in [-0.3, -0.25) is 0 Å². The molecule has 0 radical (unpaired) electrons. The van der Waals surface area contributed by atoms with E-state index >= 15 is 0 Å². The standard InChI is InChI=1S/C14H18N2O2S2/c1-10-5-11(2)14(6-13(10)7-15)20(17,18)16-8-12-3-4-19-9-12/h3-6,9,16H,7-8,15H2,1-2H3. The van der Waals surface area contributed by atoms with E-state index < -0.39 is 10.0 Å². The van der Waals surface area contributed by atoms with E-state index in [1.807, 2.05) is 29.8 Å². The highest BCUT2D eigenvalue weighted by Gasteiger charge is 2.18. The molecule has 0 atom stereocenters. The number of aryl methyl sites for hydroxylation is 2. The molecule has 0 aliphatic carbocycles. The van der Waals surface area contributed by atoms with Crippen LogP contribution in [0, 0.1) is 13.8 Å². The first kappa shape index (κ1) is 15.2. The summed E-state index contributed by atoms with van der Waals surface area (Å²) in [6.45, 7) is 4.37. The molecule has 0 saturated carbocycles. The van der Waals surface area contributed by atoms with Crippen LogP contribution in [0.5, 0.6) is 0 Å². The van der Waals surface area contributed by atoms with E-state index in [-0.39, 0.29) is 0 Å². The molecule has 0 aliphatic rings. The first-order chi connectivity index (χ1) is 9.44. The normalized spacial score (nSPS) is 11.8. The van der Waals surface area contributed by atoms with Crippen LogP contribution in [0.1, 0.15) is 22.3 Å². The van der Waals surface area contributed by atoms with Gasteiger partial charge in [-0.05, 0) is 59.0 Å². The van der Waals surface area contributed by atoms with Crippen molar-refractivity contribution < 1.29 is 8.42 Å². The van der Waals surface area contributed by atoms with Gasteiger partial charge in [0, 0.05) is 13.1 Å². The minimum Gasteiger partial charge on any atom is -0.326 e. The van der Waals surface area contributed by atoms with E-state index in [0.717, 1.165) is 22.3 Å². The first-order valence-electron chi connectivity index (χ1n) is 6.25. The predicted molar refractivity (Wildman–Crippen MR) is 82.2 cm³/mol. The van der Waals surface area contributed by atoms with Crippen molar-refractivity contribution in [2.24, 2.45) is 5.73 Å². The third kappa shape index (κ3) is 3.27. The Bertz CT molecular complexity index is 692. The highest BCUT2D eigenvalue weighted by atomic mass is 32.2. The summed E-state index contributed by atoms with van der Waals surface area (Å²) in [7, 11) is -3.52. The van der Waals surface area contributed by atoms with Gasteiger partial charge in [0.1, 0.15) is 0 Å². The van der Waals surface area contributed by atoms with Gasteiger partial charge >= 0.3 is 0 Å². The Kier molecular flexibility index (Phi) is 4.59. The van der Waals surface area contributed by atoms with Gasteiger partial charge in [0.15, 0.2) is 0 Å². The Hall–Kier alpha value is -1.21. The predicted octanol–water partition coefficient (Wildman–Crippen LogP) is 2.30. The van der Waals surface area contributed by atoms with Crippen molar-refractivity contribution in [1.29, 1.82) is 0 Å². The maximum atomic E-state index is 12.4. The topological polar surface area (TPSA) is 72.2 Å². The summed E-state index contributed by atoms with van der Waals surface area (Å²) in [5, 5.41) is 3.85. The van der Waals surface area contributed by atoms with Crippen LogP contribution in [-0.4, -0.2) is 8.42 Å². The number of rotatable bonds is 5. The lowest BCUT2D eigenvalue weighted by atomic mass is 10.1. The molecule has 2 rings (SSSR count). The van der Waals surface area contributed by atoms with E-state index in [2.05, 4.69) is 4.72 Å². The maximum absolute atomic E-state index is 12.4. The van der Waals surface area contributed by atoms with Gasteiger partial charge in [0.05, 0.1) is 4.90 Å². The van der Waals surface area contributed by atoms with Crippen molar-refractivity contribution >= 4 is 21.4 Å². The molecule has 0 saturated heterocycles. The third-order valence-corrected chi connectivity index (χ3v) is 5.46. The minimum absolute atomic E-state index is 0.303. The second kappa shape index (κ2) is 6.05. The number of hydrogen-bond acceptors (Lipinski definition) is 4. The fourth-order valence-electron chi connectivity index (χ4n) is 2.03. The van der Waals surface area contributed by atoms with Gasteiger partial charge in [-0.1, -0.05) is 6.07 Å². The third-order valence-electron chi connectivity index (χ3n) is 3.19. The summed E-state index contributed by atoms with van der Waals surface area (Å²) in [5.41, 5.74) is 9.21. The molecule has 1 aromatic heterocycles. The van der Waals surface area contributed by atoms with Crippen LogP contribution < -0.4 is 10.5 Å². The van der Waals surface area contributed by atoms with Crippen molar-refractivity contribution in [2.45, 2.75) is 31.8 Å². The van der Waals surface area contributed by atoms with E-state index in [9.17, 15) is 8.42 Å². The molecule has 1 aromatic carbocycles. The second-order valence-corrected chi connectivity index (χ2v) is 7.22. The van der Waals surface area contributed by atoms with Crippen molar-refractivity contribution in [3.8, 4) is 0 Å². The molecule has 0 fully saturated rings. The van der Waals surface area contributed by atoms with Gasteiger partial charge in [-0.2, -0.15) is 11.3 Å². The van der Waals surface area contributed by atoms with Crippen molar-refractivity contribution in [3.05, 3.63) is 51.2 Å². The van der Waals surface area contributed by atoms with Crippen LogP contribution in [0.3, 0.4) is 0 Å². The van der Waals surface area contributed by atoms with Gasteiger partial charge in [-0.15, -0.1) is 0 Å². The van der Waals surface area contributed by atoms with E-state index in [1.54, 1.807) is 24.3 Å². The largest absolute Gasteiger partial charge is 0.326 e. The molecule has 0 bridgehead atoms. The smallest absolute Gasteiger partial charge is 0.241 e. The molecule has 6 heteroatoms. The van der Waals surface area contributed by atoms with Crippen LogP contribution in [0.2, 0.25) is 0 Å². The summed E-state index contributed by atoms with van der Waals surface area (Å²) in [6.07, 6.45) is 0. The Labute approximate surface area is 123 Å². The number of sulfonamides is 1. The molecular formula is C14H18N2O2S2. The fourth-order valence-corrected chi connectivity index (χ4v) is 3.99. The Morgan fingerprint density at radius 1 is 1.25 bits per heavy atom. The number of benzene rings is 1. The van der Waals surface area contributed by atoms with E-state index in [4.69, 9.17) is 5.73 Å². The summed E-state index contributed by atoms with van der Waals surface area (Å²) < 4.78 is 27.4. The molecular weight excluding hydrogens is 292 g/mol. The number of nitrogens with two attached hydrogens (primary N) is 1. The molecule has 0 unspecified atom stereocenters. The maximum Gasteiger partial charge on any atom is 0.241 e. The first-order valence-corrected chi connectivity index (χ1v) is 8.67. The Morgan fingerprint density at radius 2 is 2.00 bits per heavy atom. The summed E-state index contributed by atoms with van der Waals surface area (Å²) in [5.74, 6) is 0. The van der Waals surface area contributed by atoms with Crippen LogP contribution in [0.15, 0.2) is 33.9 Å². The molecule has 0 aliphatic heterocycles. The second-order valence-electron chi connectivity index (χ2n) is 4.70. The van der Waals surface area contributed by atoms with Gasteiger partial charge in [0.25, 0.3) is 0 Å². The van der Waals surface area contributed by atoms with Crippen LogP contribution in [0.25, 0.3) is 0 Å². The van der Waals surface area contributed by atoms with E-state index in [0.29, 0.717) is 18.0 Å². The summed E-state index contributed by atoms with van der Waals surface area (Å²) in [4.78, 5) is 0.304. The zero-order chi connectivity index (χ0) is 14.8. The quantitative estimate of drug-likeness (QED) is 0.890. The van der Waals surface area contributed by atoms with Crippen molar-refractivity contribution in [1.82, 2.24) is 4.72 Å². The lowest BCUT2D eigenvalue weighted by molar-refractivity contribution is 0.580. The number of nitrogens with one attached hydrogen (secondary N) is 1. The van der Waals surface area contributed by atoms with Gasteiger partial charge in [0.2, 0.25) is 10.0 Å². The molecule has 4 nitrogen and oxygen atoms in total. The highest BCUT2D eigenvalue weighted by Crippen LogP contribution is 2.20. The minimum atomic E-state index is -3.52. The summed E-state index contributed by atoms with van der Waals surface area (Å²) >= 11 is 1.55. The average molecular weight is 310 g/mol. The SMILES string of the molecule is Cc1cc(C)c(S(=O)(=O)NCc2ccsc2)cc1CN. The van der Waals surface area contributed by atoms with Gasteiger partial charge < -0.3 is 5.73 Å². The number of thiophene rings is 1. The highest BCUT2D eigenvalue weighted by molar-refractivity contribution is 7.89. The lowest BCUT2D eigenvalue weighted by Crippen LogP contribution is -2.24. The van der Waals surface area contributed by atoms with Crippen molar-refractivity contribution in [3.63, 3.8) is 0 Å². The molecule has 2 aromatic rings. The number of hydrogen-bond donors (Lipinski definition) is 2. The molecule has 1 heterocycles.